The summed E-state index contributed by atoms with van der Waals surface area (Å²) < 4.78 is 11.2. The first kappa shape index (κ1) is 28.9. The smallest absolute Gasteiger partial charge is 0.329 e. The maximum Gasteiger partial charge on any atom is 0.329 e. The second kappa shape index (κ2) is 14.9. The zero-order valence-corrected chi connectivity index (χ0v) is 22.4. The number of esters is 1. The normalized spacial score (nSPS) is 18.6. The summed E-state index contributed by atoms with van der Waals surface area (Å²) in [6, 6.07) is 6.29. The second-order valence-corrected chi connectivity index (χ2v) is 10.5. The van der Waals surface area contributed by atoms with Crippen molar-refractivity contribution in [2.24, 2.45) is 11.8 Å². The number of hydroxylamine groups is 1. The first-order chi connectivity index (χ1) is 17.8. The van der Waals surface area contributed by atoms with E-state index in [-0.39, 0.29) is 23.9 Å². The molecular formula is C29H42N2O6. The molecule has 1 aromatic carbocycles. The molecule has 0 saturated heterocycles. The van der Waals surface area contributed by atoms with E-state index in [4.69, 9.17) is 14.3 Å². The quantitative estimate of drug-likeness (QED) is 0.177. The van der Waals surface area contributed by atoms with Crippen LogP contribution in [0.25, 0.3) is 6.08 Å². The highest BCUT2D eigenvalue weighted by Gasteiger charge is 2.34. The molecule has 8 heteroatoms. The minimum atomic E-state index is -0.643. The van der Waals surface area contributed by atoms with Crippen molar-refractivity contribution in [3.63, 3.8) is 0 Å². The number of carbonyl (C=O) groups is 3. The molecule has 1 unspecified atom stereocenters. The van der Waals surface area contributed by atoms with Gasteiger partial charge >= 0.3 is 5.97 Å². The molecule has 0 aromatic heterocycles. The third-order valence-corrected chi connectivity index (χ3v) is 6.81. The minimum Gasteiger partial charge on any atom is -0.461 e. The predicted octanol–water partition coefficient (Wildman–Crippen LogP) is 4.93. The topological polar surface area (TPSA) is 103 Å². The van der Waals surface area contributed by atoms with Crippen LogP contribution in [0.5, 0.6) is 0 Å². The van der Waals surface area contributed by atoms with Crippen LogP contribution < -0.4 is 10.8 Å². The van der Waals surface area contributed by atoms with Gasteiger partial charge in [-0.2, -0.15) is 0 Å². The molecule has 8 nitrogen and oxygen atoms in total. The molecule has 0 radical (unpaired) electrons. The van der Waals surface area contributed by atoms with Crippen molar-refractivity contribution in [2.75, 3.05) is 6.61 Å². The number of rotatable bonds is 12. The standard InChI is InChI=1S/C29H42N2O6/c1-20(2)19-35-21(3)37-31-26(32)17-16-22-10-9-13-24(18-22)28(33)30-27(23-11-5-4-6-12-23)29(34)36-25-14-7-8-15-25/h9-10,13,16-18,20-21,23,25,27H,4-8,11-12,14-15,19H2,1-3H3,(H,30,33)(H,31,32)/b17-16+/t21?,27-/m0/s1. The highest BCUT2D eigenvalue weighted by Crippen LogP contribution is 2.29. The van der Waals surface area contributed by atoms with E-state index in [2.05, 4.69) is 10.8 Å². The third kappa shape index (κ3) is 9.93. The molecule has 0 heterocycles. The van der Waals surface area contributed by atoms with Gasteiger partial charge in [0.05, 0.1) is 6.61 Å². The average Bonchev–Trinajstić information content (AvgIpc) is 3.41. The van der Waals surface area contributed by atoms with Gasteiger partial charge in [-0.3, -0.25) is 9.59 Å². The van der Waals surface area contributed by atoms with Gasteiger partial charge in [-0.25, -0.2) is 15.1 Å². The summed E-state index contributed by atoms with van der Waals surface area (Å²) in [5.74, 6) is -0.626. The predicted molar refractivity (Wildman–Crippen MR) is 141 cm³/mol. The Morgan fingerprint density at radius 3 is 2.41 bits per heavy atom. The number of amides is 2. The summed E-state index contributed by atoms with van der Waals surface area (Å²) in [5, 5.41) is 2.97. The molecule has 0 aliphatic heterocycles. The Morgan fingerprint density at radius 1 is 1.00 bits per heavy atom. The van der Waals surface area contributed by atoms with Crippen molar-refractivity contribution in [3.8, 4) is 0 Å². The van der Waals surface area contributed by atoms with Crippen molar-refractivity contribution in [1.29, 1.82) is 0 Å². The van der Waals surface area contributed by atoms with Gasteiger partial charge in [0.15, 0.2) is 6.29 Å². The van der Waals surface area contributed by atoms with Crippen LogP contribution in [0.15, 0.2) is 30.3 Å². The van der Waals surface area contributed by atoms with Crippen LogP contribution in [0.3, 0.4) is 0 Å². The van der Waals surface area contributed by atoms with Crippen LogP contribution in [0, 0.1) is 11.8 Å². The van der Waals surface area contributed by atoms with Crippen molar-refractivity contribution in [1.82, 2.24) is 10.8 Å². The second-order valence-electron chi connectivity index (χ2n) is 10.5. The first-order valence-electron chi connectivity index (χ1n) is 13.7. The van der Waals surface area contributed by atoms with E-state index < -0.39 is 18.2 Å². The van der Waals surface area contributed by atoms with Crippen LogP contribution >= 0.6 is 0 Å². The summed E-state index contributed by atoms with van der Waals surface area (Å²) in [6.07, 6.45) is 11.4. The van der Waals surface area contributed by atoms with Gasteiger partial charge in [-0.15, -0.1) is 0 Å². The largest absolute Gasteiger partial charge is 0.461 e. The van der Waals surface area contributed by atoms with E-state index in [9.17, 15) is 14.4 Å². The van der Waals surface area contributed by atoms with Crippen LogP contribution in [0.4, 0.5) is 0 Å². The molecule has 37 heavy (non-hydrogen) atoms. The van der Waals surface area contributed by atoms with Gasteiger partial charge in [0.2, 0.25) is 0 Å². The van der Waals surface area contributed by atoms with Crippen molar-refractivity contribution >= 4 is 23.9 Å². The Kier molecular flexibility index (Phi) is 11.6. The van der Waals surface area contributed by atoms with E-state index in [0.29, 0.717) is 23.7 Å². The number of hydrogen-bond acceptors (Lipinski definition) is 6. The fourth-order valence-electron chi connectivity index (χ4n) is 4.80. The fourth-order valence-corrected chi connectivity index (χ4v) is 4.80. The van der Waals surface area contributed by atoms with Crippen LogP contribution in [-0.4, -0.2) is 42.8 Å². The fraction of sp³-hybridized carbons (Fsp3) is 0.621. The van der Waals surface area contributed by atoms with Crippen LogP contribution in [0.2, 0.25) is 0 Å². The van der Waals surface area contributed by atoms with Gasteiger partial charge in [0.1, 0.15) is 12.1 Å². The molecule has 0 spiro atoms. The molecular weight excluding hydrogens is 472 g/mol. The lowest BCUT2D eigenvalue weighted by Gasteiger charge is -2.30. The molecule has 2 N–H and O–H groups in total. The van der Waals surface area contributed by atoms with E-state index in [1.165, 1.54) is 6.08 Å². The van der Waals surface area contributed by atoms with Crippen molar-refractivity contribution in [3.05, 3.63) is 41.5 Å². The molecule has 1 aromatic rings. The summed E-state index contributed by atoms with van der Waals surface area (Å²) in [5.41, 5.74) is 3.43. The Labute approximate surface area is 220 Å². The lowest BCUT2D eigenvalue weighted by Crippen LogP contribution is -2.48. The third-order valence-electron chi connectivity index (χ3n) is 6.81. The van der Waals surface area contributed by atoms with E-state index >= 15 is 0 Å². The van der Waals surface area contributed by atoms with Gasteiger partial charge in [-0.1, -0.05) is 45.2 Å². The molecule has 2 atom stereocenters. The van der Waals surface area contributed by atoms with Crippen LogP contribution in [0.1, 0.15) is 94.5 Å². The first-order valence-corrected chi connectivity index (χ1v) is 13.7. The van der Waals surface area contributed by atoms with E-state index in [0.717, 1.165) is 57.8 Å². The summed E-state index contributed by atoms with van der Waals surface area (Å²) in [6.45, 7) is 6.29. The molecule has 3 rings (SSSR count). The number of benzene rings is 1. The number of carbonyl (C=O) groups excluding carboxylic acids is 3. The van der Waals surface area contributed by atoms with Gasteiger partial charge in [-0.05, 0) is 81.1 Å². The lowest BCUT2D eigenvalue weighted by molar-refractivity contribution is -0.180. The highest BCUT2D eigenvalue weighted by molar-refractivity contribution is 5.98. The minimum absolute atomic E-state index is 0.0381. The highest BCUT2D eigenvalue weighted by atomic mass is 16.8. The maximum absolute atomic E-state index is 13.2. The summed E-state index contributed by atoms with van der Waals surface area (Å²) in [4.78, 5) is 43.5. The maximum atomic E-state index is 13.2. The zero-order chi connectivity index (χ0) is 26.6. The number of hydrogen-bond donors (Lipinski definition) is 2. The number of ether oxygens (including phenoxy) is 2. The molecule has 2 amide bonds. The van der Waals surface area contributed by atoms with Crippen molar-refractivity contribution < 1.29 is 28.7 Å². The summed E-state index contributed by atoms with van der Waals surface area (Å²) >= 11 is 0. The van der Waals surface area contributed by atoms with Crippen LogP contribution in [-0.2, 0) is 23.9 Å². The van der Waals surface area contributed by atoms with E-state index in [1.54, 1.807) is 37.3 Å². The van der Waals surface area contributed by atoms with E-state index in [1.807, 2.05) is 13.8 Å². The molecule has 2 fully saturated rings. The average molecular weight is 515 g/mol. The monoisotopic (exact) mass is 514 g/mol. The Balaban J connectivity index is 1.58. The Morgan fingerprint density at radius 2 is 1.70 bits per heavy atom. The molecule has 2 aliphatic carbocycles. The molecule has 204 valence electrons. The van der Waals surface area contributed by atoms with Crippen molar-refractivity contribution in [2.45, 2.75) is 97.0 Å². The lowest BCUT2D eigenvalue weighted by atomic mass is 9.83. The van der Waals surface area contributed by atoms with Gasteiger partial charge in [0.25, 0.3) is 11.8 Å². The molecule has 0 bridgehead atoms. The van der Waals surface area contributed by atoms with Gasteiger partial charge in [0, 0.05) is 11.6 Å². The molecule has 2 saturated carbocycles. The van der Waals surface area contributed by atoms with Gasteiger partial charge < -0.3 is 14.8 Å². The number of nitrogens with one attached hydrogen (secondary N) is 2. The molecule has 2 aliphatic rings. The zero-order valence-electron chi connectivity index (χ0n) is 22.4. The summed E-state index contributed by atoms with van der Waals surface area (Å²) in [7, 11) is 0. The Hall–Kier alpha value is -2.71. The Bertz CT molecular complexity index is 919. The SMILES string of the molecule is CC(C)COC(C)ONC(=O)/C=C/c1cccc(C(=O)N[C@H](C(=O)OC2CCCC2)C2CCCCC2)c1.